The van der Waals surface area contributed by atoms with E-state index < -0.39 is 0 Å². The molecule has 0 amide bonds. The zero-order chi connectivity index (χ0) is 12.0. The van der Waals surface area contributed by atoms with Crippen molar-refractivity contribution in [2.45, 2.75) is 38.7 Å². The molecule has 17 heavy (non-hydrogen) atoms. The molecule has 1 atom stereocenters. The Kier molecular flexibility index (Phi) is 2.19. The predicted molar refractivity (Wildman–Crippen MR) is 71.7 cm³/mol. The van der Waals surface area contributed by atoms with Crippen LogP contribution in [-0.4, -0.2) is 5.60 Å². The van der Waals surface area contributed by atoms with E-state index in [0.717, 1.165) is 12.2 Å². The minimum atomic E-state index is -0.0468. The first-order chi connectivity index (χ1) is 8.07. The van der Waals surface area contributed by atoms with E-state index in [0.29, 0.717) is 5.92 Å². The van der Waals surface area contributed by atoms with Gasteiger partial charge in [0.1, 0.15) is 11.4 Å². The van der Waals surface area contributed by atoms with Gasteiger partial charge in [0.2, 0.25) is 0 Å². The van der Waals surface area contributed by atoms with Gasteiger partial charge in [-0.3, -0.25) is 0 Å². The van der Waals surface area contributed by atoms with E-state index in [-0.39, 0.29) is 5.60 Å². The molecule has 0 spiro atoms. The van der Waals surface area contributed by atoms with E-state index in [1.807, 2.05) is 0 Å². The van der Waals surface area contributed by atoms with Gasteiger partial charge in [0.05, 0.1) is 0 Å². The van der Waals surface area contributed by atoms with Crippen LogP contribution in [0.2, 0.25) is 0 Å². The van der Waals surface area contributed by atoms with Crippen LogP contribution in [0.25, 0.3) is 10.8 Å². The molecule has 1 heterocycles. The second kappa shape index (κ2) is 3.49. The normalized spacial score (nSPS) is 21.9. The van der Waals surface area contributed by atoms with Gasteiger partial charge in [-0.25, -0.2) is 0 Å². The number of benzene rings is 2. The number of hydrogen-bond donors (Lipinski definition) is 0. The topological polar surface area (TPSA) is 9.23 Å². The summed E-state index contributed by atoms with van der Waals surface area (Å²) in [5, 5.41) is 2.65. The molecule has 2 aromatic rings. The van der Waals surface area contributed by atoms with Crippen LogP contribution in [0.1, 0.15) is 38.7 Å². The van der Waals surface area contributed by atoms with Gasteiger partial charge in [-0.1, -0.05) is 37.3 Å². The minimum absolute atomic E-state index is 0.0468. The van der Waals surface area contributed by atoms with Crippen LogP contribution in [0.4, 0.5) is 0 Å². The average Bonchev–Trinajstić information content (AvgIpc) is 2.26. The van der Waals surface area contributed by atoms with Gasteiger partial charge in [0, 0.05) is 5.56 Å². The second-order valence-electron chi connectivity index (χ2n) is 5.67. The van der Waals surface area contributed by atoms with Gasteiger partial charge in [-0.05, 0) is 43.0 Å². The molecule has 1 aliphatic rings. The van der Waals surface area contributed by atoms with Crippen molar-refractivity contribution in [1.82, 2.24) is 0 Å². The maximum atomic E-state index is 6.10. The van der Waals surface area contributed by atoms with Gasteiger partial charge < -0.3 is 4.74 Å². The van der Waals surface area contributed by atoms with Crippen molar-refractivity contribution in [3.63, 3.8) is 0 Å². The van der Waals surface area contributed by atoms with Crippen LogP contribution < -0.4 is 4.74 Å². The fraction of sp³-hybridized carbons (Fsp3) is 0.375. The largest absolute Gasteiger partial charge is 0.488 e. The predicted octanol–water partition coefficient (Wildman–Crippen LogP) is 4.50. The van der Waals surface area contributed by atoms with Gasteiger partial charge in [-0.15, -0.1) is 0 Å². The summed E-state index contributed by atoms with van der Waals surface area (Å²) >= 11 is 0. The molecule has 2 aromatic carbocycles. The number of rotatable bonds is 0. The fourth-order valence-electron chi connectivity index (χ4n) is 3.05. The third-order valence-electron chi connectivity index (χ3n) is 3.61. The molecule has 1 unspecified atom stereocenters. The number of ether oxygens (including phenoxy) is 1. The molecule has 0 bridgehead atoms. The summed E-state index contributed by atoms with van der Waals surface area (Å²) in [4.78, 5) is 0. The first-order valence-electron chi connectivity index (χ1n) is 6.27. The maximum absolute atomic E-state index is 6.10. The van der Waals surface area contributed by atoms with Crippen molar-refractivity contribution in [1.29, 1.82) is 0 Å². The summed E-state index contributed by atoms with van der Waals surface area (Å²) in [5.74, 6) is 1.62. The Morgan fingerprint density at radius 3 is 2.71 bits per heavy atom. The zero-order valence-corrected chi connectivity index (χ0v) is 10.7. The lowest BCUT2D eigenvalue weighted by Crippen LogP contribution is -2.34. The highest BCUT2D eigenvalue weighted by Crippen LogP contribution is 2.43. The highest BCUT2D eigenvalue weighted by molar-refractivity contribution is 5.88. The molecule has 1 heteroatoms. The molecule has 0 saturated carbocycles. The Morgan fingerprint density at radius 2 is 1.88 bits per heavy atom. The highest BCUT2D eigenvalue weighted by atomic mass is 16.5. The lowest BCUT2D eigenvalue weighted by Gasteiger charge is -2.37. The smallest absolute Gasteiger partial charge is 0.124 e. The van der Waals surface area contributed by atoms with Crippen LogP contribution in [0.3, 0.4) is 0 Å². The molecule has 0 aliphatic carbocycles. The Hall–Kier alpha value is -1.50. The molecule has 3 rings (SSSR count). The number of hydrogen-bond acceptors (Lipinski definition) is 1. The SMILES string of the molecule is CC1CC(C)(C)Oc2ccc3ccccc3c21. The first kappa shape index (κ1) is 10.6. The third kappa shape index (κ3) is 1.70. The molecular weight excluding hydrogens is 208 g/mol. The molecule has 0 saturated heterocycles. The summed E-state index contributed by atoms with van der Waals surface area (Å²) in [6.07, 6.45) is 1.08. The maximum Gasteiger partial charge on any atom is 0.124 e. The van der Waals surface area contributed by atoms with Crippen molar-refractivity contribution >= 4 is 10.8 Å². The quantitative estimate of drug-likeness (QED) is 0.642. The Morgan fingerprint density at radius 1 is 1.12 bits per heavy atom. The highest BCUT2D eigenvalue weighted by Gasteiger charge is 2.32. The Labute approximate surface area is 102 Å². The van der Waals surface area contributed by atoms with Crippen molar-refractivity contribution in [2.24, 2.45) is 0 Å². The molecule has 0 fully saturated rings. The molecule has 0 N–H and O–H groups in total. The van der Waals surface area contributed by atoms with Crippen LogP contribution in [0.15, 0.2) is 36.4 Å². The minimum Gasteiger partial charge on any atom is -0.488 e. The molecule has 1 nitrogen and oxygen atoms in total. The average molecular weight is 226 g/mol. The standard InChI is InChI=1S/C16H18O/c1-11-10-16(2,3)17-14-9-8-12-6-4-5-7-13(12)15(11)14/h4-9,11H,10H2,1-3H3. The van der Waals surface area contributed by atoms with Gasteiger partial charge in [0.15, 0.2) is 0 Å². The molecule has 0 radical (unpaired) electrons. The molecular formula is C16H18O. The molecule has 1 aliphatic heterocycles. The summed E-state index contributed by atoms with van der Waals surface area (Å²) in [5.41, 5.74) is 1.33. The fourth-order valence-corrected chi connectivity index (χ4v) is 3.05. The van der Waals surface area contributed by atoms with E-state index in [1.54, 1.807) is 0 Å². The first-order valence-corrected chi connectivity index (χ1v) is 6.27. The summed E-state index contributed by atoms with van der Waals surface area (Å²) in [6, 6.07) is 12.8. The van der Waals surface area contributed by atoms with Crippen molar-refractivity contribution in [3.8, 4) is 5.75 Å². The van der Waals surface area contributed by atoms with Crippen molar-refractivity contribution in [3.05, 3.63) is 42.0 Å². The van der Waals surface area contributed by atoms with E-state index >= 15 is 0 Å². The van der Waals surface area contributed by atoms with Crippen molar-refractivity contribution < 1.29 is 4.74 Å². The van der Waals surface area contributed by atoms with E-state index in [4.69, 9.17) is 4.74 Å². The number of fused-ring (bicyclic) bond motifs is 3. The monoisotopic (exact) mass is 226 g/mol. The van der Waals surface area contributed by atoms with E-state index in [1.165, 1.54) is 16.3 Å². The summed E-state index contributed by atoms with van der Waals surface area (Å²) < 4.78 is 6.10. The summed E-state index contributed by atoms with van der Waals surface area (Å²) in [6.45, 7) is 6.64. The lowest BCUT2D eigenvalue weighted by atomic mass is 9.83. The Bertz CT molecular complexity index is 569. The van der Waals surface area contributed by atoms with Gasteiger partial charge in [-0.2, -0.15) is 0 Å². The Balaban J connectivity index is 2.27. The third-order valence-corrected chi connectivity index (χ3v) is 3.61. The van der Waals surface area contributed by atoms with Crippen molar-refractivity contribution in [2.75, 3.05) is 0 Å². The van der Waals surface area contributed by atoms with Crippen LogP contribution >= 0.6 is 0 Å². The van der Waals surface area contributed by atoms with Gasteiger partial charge >= 0.3 is 0 Å². The second-order valence-corrected chi connectivity index (χ2v) is 5.67. The molecule has 88 valence electrons. The van der Waals surface area contributed by atoms with E-state index in [2.05, 4.69) is 57.2 Å². The van der Waals surface area contributed by atoms with Gasteiger partial charge in [0.25, 0.3) is 0 Å². The lowest BCUT2D eigenvalue weighted by molar-refractivity contribution is 0.0753. The van der Waals surface area contributed by atoms with Crippen LogP contribution in [0.5, 0.6) is 5.75 Å². The zero-order valence-electron chi connectivity index (χ0n) is 10.7. The van der Waals surface area contributed by atoms with E-state index in [9.17, 15) is 0 Å². The summed E-state index contributed by atoms with van der Waals surface area (Å²) in [7, 11) is 0. The molecule has 0 aromatic heterocycles. The van der Waals surface area contributed by atoms with Crippen LogP contribution in [-0.2, 0) is 0 Å². The van der Waals surface area contributed by atoms with Crippen LogP contribution in [0, 0.1) is 0 Å².